The molecule has 3 heteroatoms. The van der Waals surface area contributed by atoms with Gasteiger partial charge in [-0.15, -0.1) is 0 Å². The molecule has 2 aromatic carbocycles. The van der Waals surface area contributed by atoms with Crippen molar-refractivity contribution in [1.29, 1.82) is 0 Å². The Bertz CT molecular complexity index is 588. The average molecular weight is 308 g/mol. The Morgan fingerprint density at radius 3 is 2.30 bits per heavy atom. The standard InChI is InChI=1S/C17H19Cl2N/c1-4-20-17(13-8-14(18)10-15(19)9-13)16-7-5-6-11(2)12(16)3/h5-10,17,20H,4H2,1-3H3. The van der Waals surface area contributed by atoms with Crippen LogP contribution >= 0.6 is 23.2 Å². The van der Waals surface area contributed by atoms with E-state index in [2.05, 4.69) is 44.3 Å². The van der Waals surface area contributed by atoms with Crippen LogP contribution in [-0.2, 0) is 0 Å². The molecule has 0 spiro atoms. The Balaban J connectivity index is 2.53. The Hall–Kier alpha value is -1.02. The minimum atomic E-state index is 0.107. The maximum Gasteiger partial charge on any atom is 0.0580 e. The molecule has 20 heavy (non-hydrogen) atoms. The third-order valence-corrected chi connectivity index (χ3v) is 4.02. The van der Waals surface area contributed by atoms with E-state index in [1.807, 2.05) is 12.1 Å². The molecular formula is C17H19Cl2N. The highest BCUT2D eigenvalue weighted by Gasteiger charge is 2.16. The fourth-order valence-electron chi connectivity index (χ4n) is 2.44. The first-order valence-corrected chi connectivity index (χ1v) is 7.54. The minimum absolute atomic E-state index is 0.107. The fourth-order valence-corrected chi connectivity index (χ4v) is 2.98. The lowest BCUT2D eigenvalue weighted by molar-refractivity contribution is 0.627. The summed E-state index contributed by atoms with van der Waals surface area (Å²) in [6.07, 6.45) is 0. The summed E-state index contributed by atoms with van der Waals surface area (Å²) in [5.41, 5.74) is 4.95. The first-order chi connectivity index (χ1) is 9.52. The van der Waals surface area contributed by atoms with Crippen molar-refractivity contribution >= 4 is 23.2 Å². The van der Waals surface area contributed by atoms with Crippen LogP contribution in [-0.4, -0.2) is 6.54 Å². The van der Waals surface area contributed by atoms with E-state index in [0.29, 0.717) is 10.0 Å². The van der Waals surface area contributed by atoms with Gasteiger partial charge in [0.2, 0.25) is 0 Å². The summed E-state index contributed by atoms with van der Waals surface area (Å²) in [5.74, 6) is 0. The highest BCUT2D eigenvalue weighted by atomic mass is 35.5. The fraction of sp³-hybridized carbons (Fsp3) is 0.294. The van der Waals surface area contributed by atoms with Crippen LogP contribution in [0.4, 0.5) is 0 Å². The minimum Gasteiger partial charge on any atom is -0.307 e. The highest BCUT2D eigenvalue weighted by Crippen LogP contribution is 2.30. The van der Waals surface area contributed by atoms with Gasteiger partial charge in [0.05, 0.1) is 6.04 Å². The third kappa shape index (κ3) is 3.35. The van der Waals surface area contributed by atoms with Gasteiger partial charge >= 0.3 is 0 Å². The van der Waals surface area contributed by atoms with Gasteiger partial charge in [-0.1, -0.05) is 48.3 Å². The number of nitrogens with one attached hydrogen (secondary N) is 1. The van der Waals surface area contributed by atoms with Gasteiger partial charge in [0.25, 0.3) is 0 Å². The van der Waals surface area contributed by atoms with Gasteiger partial charge < -0.3 is 5.32 Å². The topological polar surface area (TPSA) is 12.0 Å². The summed E-state index contributed by atoms with van der Waals surface area (Å²) in [4.78, 5) is 0. The molecule has 0 bridgehead atoms. The smallest absolute Gasteiger partial charge is 0.0580 e. The maximum absolute atomic E-state index is 6.14. The van der Waals surface area contributed by atoms with Gasteiger partial charge in [-0.05, 0) is 60.8 Å². The van der Waals surface area contributed by atoms with Gasteiger partial charge in [0.1, 0.15) is 0 Å². The van der Waals surface area contributed by atoms with E-state index in [0.717, 1.165) is 12.1 Å². The van der Waals surface area contributed by atoms with E-state index in [-0.39, 0.29) is 6.04 Å². The van der Waals surface area contributed by atoms with Crippen LogP contribution in [0.15, 0.2) is 36.4 Å². The Morgan fingerprint density at radius 2 is 1.70 bits per heavy atom. The van der Waals surface area contributed by atoms with Gasteiger partial charge in [0, 0.05) is 10.0 Å². The zero-order chi connectivity index (χ0) is 14.7. The number of halogens is 2. The summed E-state index contributed by atoms with van der Waals surface area (Å²) in [6, 6.07) is 12.2. The molecule has 0 radical (unpaired) electrons. The average Bonchev–Trinajstić information content (AvgIpc) is 2.38. The molecule has 0 aliphatic rings. The molecule has 2 rings (SSSR count). The van der Waals surface area contributed by atoms with Crippen LogP contribution in [0.1, 0.15) is 35.2 Å². The largest absolute Gasteiger partial charge is 0.307 e. The number of hydrogen-bond acceptors (Lipinski definition) is 1. The van der Waals surface area contributed by atoms with E-state index >= 15 is 0 Å². The van der Waals surface area contributed by atoms with E-state index < -0.39 is 0 Å². The van der Waals surface area contributed by atoms with E-state index in [9.17, 15) is 0 Å². The van der Waals surface area contributed by atoms with Gasteiger partial charge in [-0.2, -0.15) is 0 Å². The molecule has 0 aromatic heterocycles. The van der Waals surface area contributed by atoms with Crippen LogP contribution < -0.4 is 5.32 Å². The molecule has 0 amide bonds. The number of benzene rings is 2. The predicted octanol–water partition coefficient (Wildman–Crippen LogP) is 5.31. The molecule has 0 fully saturated rings. The van der Waals surface area contributed by atoms with Crippen molar-refractivity contribution in [2.24, 2.45) is 0 Å². The van der Waals surface area contributed by atoms with Gasteiger partial charge in [-0.25, -0.2) is 0 Å². The lowest BCUT2D eigenvalue weighted by Gasteiger charge is -2.22. The first kappa shape index (κ1) is 15.4. The highest BCUT2D eigenvalue weighted by molar-refractivity contribution is 6.34. The van der Waals surface area contributed by atoms with Gasteiger partial charge in [-0.3, -0.25) is 0 Å². The molecule has 0 heterocycles. The third-order valence-electron chi connectivity index (χ3n) is 3.58. The first-order valence-electron chi connectivity index (χ1n) is 6.78. The van der Waals surface area contributed by atoms with Crippen molar-refractivity contribution in [3.63, 3.8) is 0 Å². The van der Waals surface area contributed by atoms with Crippen molar-refractivity contribution < 1.29 is 0 Å². The SMILES string of the molecule is CCNC(c1cc(Cl)cc(Cl)c1)c1cccc(C)c1C. The van der Waals surface area contributed by atoms with Crippen molar-refractivity contribution in [1.82, 2.24) is 5.32 Å². The quantitative estimate of drug-likeness (QED) is 0.807. The van der Waals surface area contributed by atoms with E-state index in [1.165, 1.54) is 16.7 Å². The number of rotatable bonds is 4. The van der Waals surface area contributed by atoms with Crippen LogP contribution in [0.2, 0.25) is 10.0 Å². The van der Waals surface area contributed by atoms with E-state index in [1.54, 1.807) is 6.07 Å². The normalized spacial score (nSPS) is 12.4. The second-order valence-electron chi connectivity index (χ2n) is 4.98. The monoisotopic (exact) mass is 307 g/mol. The molecule has 1 atom stereocenters. The predicted molar refractivity (Wildman–Crippen MR) is 87.9 cm³/mol. The van der Waals surface area contributed by atoms with Crippen LogP contribution in [0.25, 0.3) is 0 Å². The van der Waals surface area contributed by atoms with Crippen LogP contribution in [0, 0.1) is 13.8 Å². The Morgan fingerprint density at radius 1 is 1.05 bits per heavy atom. The molecule has 0 aliphatic carbocycles. The summed E-state index contributed by atoms with van der Waals surface area (Å²) < 4.78 is 0. The molecular weight excluding hydrogens is 289 g/mol. The van der Waals surface area contributed by atoms with Crippen molar-refractivity contribution in [2.75, 3.05) is 6.54 Å². The number of hydrogen-bond donors (Lipinski definition) is 1. The van der Waals surface area contributed by atoms with Crippen LogP contribution in [0.5, 0.6) is 0 Å². The zero-order valence-corrected chi connectivity index (χ0v) is 13.5. The maximum atomic E-state index is 6.14. The molecule has 106 valence electrons. The Labute approximate surface area is 130 Å². The van der Waals surface area contributed by atoms with Crippen molar-refractivity contribution in [2.45, 2.75) is 26.8 Å². The van der Waals surface area contributed by atoms with Crippen molar-refractivity contribution in [3.05, 3.63) is 68.7 Å². The van der Waals surface area contributed by atoms with E-state index in [4.69, 9.17) is 23.2 Å². The molecule has 0 saturated carbocycles. The lowest BCUT2D eigenvalue weighted by atomic mass is 9.92. The van der Waals surface area contributed by atoms with Crippen molar-refractivity contribution in [3.8, 4) is 0 Å². The summed E-state index contributed by atoms with van der Waals surface area (Å²) in [5, 5.41) is 4.86. The Kier molecular flexibility index (Phi) is 5.09. The second-order valence-corrected chi connectivity index (χ2v) is 5.86. The summed E-state index contributed by atoms with van der Waals surface area (Å²) in [7, 11) is 0. The molecule has 1 nitrogen and oxygen atoms in total. The van der Waals surface area contributed by atoms with Gasteiger partial charge in [0.15, 0.2) is 0 Å². The van der Waals surface area contributed by atoms with Crippen LogP contribution in [0.3, 0.4) is 0 Å². The molecule has 2 aromatic rings. The number of aryl methyl sites for hydroxylation is 1. The molecule has 0 saturated heterocycles. The summed E-state index contributed by atoms with van der Waals surface area (Å²) in [6.45, 7) is 7.26. The zero-order valence-electron chi connectivity index (χ0n) is 12.0. The second kappa shape index (κ2) is 6.62. The molecule has 1 N–H and O–H groups in total. The summed E-state index contributed by atoms with van der Waals surface area (Å²) >= 11 is 12.3. The molecule has 0 aliphatic heterocycles. The molecule has 1 unspecified atom stereocenters. The lowest BCUT2D eigenvalue weighted by Crippen LogP contribution is -2.23.